The zero-order chi connectivity index (χ0) is 15.1. The zero-order valence-electron chi connectivity index (χ0n) is 12.4. The summed E-state index contributed by atoms with van der Waals surface area (Å²) in [6, 6.07) is 7.58. The second-order valence-corrected chi connectivity index (χ2v) is 8.05. The van der Waals surface area contributed by atoms with Gasteiger partial charge in [-0.05, 0) is 37.0 Å². The average Bonchev–Trinajstić information content (AvgIpc) is 2.48. The highest BCUT2D eigenvalue weighted by Gasteiger charge is 2.27. The van der Waals surface area contributed by atoms with Crippen LogP contribution in [-0.2, 0) is 15.6 Å². The third kappa shape index (κ3) is 5.00. The van der Waals surface area contributed by atoms with E-state index in [1.807, 2.05) is 24.3 Å². The molecule has 0 spiro atoms. The number of sulfone groups is 1. The summed E-state index contributed by atoms with van der Waals surface area (Å²) < 4.78 is 24.9. The molecule has 0 saturated heterocycles. The summed E-state index contributed by atoms with van der Waals surface area (Å²) in [4.78, 5) is 0. The van der Waals surface area contributed by atoms with Crippen LogP contribution in [0.25, 0.3) is 0 Å². The smallest absolute Gasteiger partial charge is 0.157 e. The molecule has 0 aromatic heterocycles. The zero-order valence-corrected chi connectivity index (χ0v) is 13.2. The van der Waals surface area contributed by atoms with Gasteiger partial charge in [0, 0.05) is 18.8 Å². The second kappa shape index (κ2) is 7.80. The first-order chi connectivity index (χ1) is 10.1. The van der Waals surface area contributed by atoms with Gasteiger partial charge in [0.05, 0.1) is 11.0 Å². The van der Waals surface area contributed by atoms with E-state index in [9.17, 15) is 8.42 Å². The van der Waals surface area contributed by atoms with Crippen molar-refractivity contribution in [3.8, 4) is 0 Å². The summed E-state index contributed by atoms with van der Waals surface area (Å²) in [6.07, 6.45) is 5.55. The minimum atomic E-state index is -3.05. The third-order valence-electron chi connectivity index (χ3n) is 4.02. The molecule has 0 bridgehead atoms. The first kappa shape index (κ1) is 16.3. The van der Waals surface area contributed by atoms with Crippen molar-refractivity contribution in [1.29, 1.82) is 0 Å². The predicted molar refractivity (Wildman–Crippen MR) is 86.1 cm³/mol. The average molecular weight is 311 g/mol. The molecule has 5 heteroatoms. The number of hydrogen-bond acceptors (Lipinski definition) is 4. The number of anilines is 1. The second-order valence-electron chi connectivity index (χ2n) is 5.77. The molecule has 1 saturated carbocycles. The molecule has 1 aromatic rings. The summed E-state index contributed by atoms with van der Waals surface area (Å²) in [6.45, 7) is 0.845. The summed E-state index contributed by atoms with van der Waals surface area (Å²) in [5, 5.41) is 11.8. The number of aliphatic hydroxyl groups excluding tert-OH is 1. The number of rotatable bonds is 7. The first-order valence-electron chi connectivity index (χ1n) is 7.77. The quantitative estimate of drug-likeness (QED) is 0.760. The standard InChI is InChI=1S/C16H25NO3S/c18-11-5-10-17-15-7-4-6-14(12-15)13-21(19,20)16-8-2-1-3-9-16/h4,6-7,12,16-18H,1-3,5,8-11,13H2. The van der Waals surface area contributed by atoms with Gasteiger partial charge in [-0.2, -0.15) is 0 Å². The third-order valence-corrected chi connectivity index (χ3v) is 6.24. The normalized spacial score (nSPS) is 16.8. The van der Waals surface area contributed by atoms with Crippen molar-refractivity contribution >= 4 is 15.5 Å². The lowest BCUT2D eigenvalue weighted by molar-refractivity contribution is 0.292. The molecular formula is C16H25NO3S. The maximum Gasteiger partial charge on any atom is 0.157 e. The van der Waals surface area contributed by atoms with Crippen molar-refractivity contribution < 1.29 is 13.5 Å². The van der Waals surface area contributed by atoms with Crippen LogP contribution in [0.2, 0.25) is 0 Å². The van der Waals surface area contributed by atoms with E-state index >= 15 is 0 Å². The minimum absolute atomic E-state index is 0.132. The maximum atomic E-state index is 12.5. The van der Waals surface area contributed by atoms with Gasteiger partial charge in [0.2, 0.25) is 0 Å². The van der Waals surface area contributed by atoms with Gasteiger partial charge in [0.25, 0.3) is 0 Å². The van der Waals surface area contributed by atoms with E-state index in [1.165, 1.54) is 0 Å². The van der Waals surface area contributed by atoms with Crippen molar-refractivity contribution in [3.05, 3.63) is 29.8 Å². The number of hydrogen-bond donors (Lipinski definition) is 2. The molecule has 1 aliphatic rings. The molecule has 0 aliphatic heterocycles. The van der Waals surface area contributed by atoms with Gasteiger partial charge in [-0.1, -0.05) is 31.4 Å². The highest BCUT2D eigenvalue weighted by Crippen LogP contribution is 2.26. The topological polar surface area (TPSA) is 66.4 Å². The molecule has 1 aliphatic carbocycles. The Morgan fingerprint density at radius 2 is 1.95 bits per heavy atom. The summed E-state index contributed by atoms with van der Waals surface area (Å²) in [7, 11) is -3.05. The molecular weight excluding hydrogens is 286 g/mol. The lowest BCUT2D eigenvalue weighted by atomic mass is 10.0. The molecule has 1 fully saturated rings. The number of nitrogens with one attached hydrogen (secondary N) is 1. The summed E-state index contributed by atoms with van der Waals surface area (Å²) in [5.74, 6) is 0.132. The molecule has 1 aromatic carbocycles. The Morgan fingerprint density at radius 1 is 1.19 bits per heavy atom. The van der Waals surface area contributed by atoms with Crippen LogP contribution in [0.1, 0.15) is 44.1 Å². The molecule has 4 nitrogen and oxygen atoms in total. The molecule has 21 heavy (non-hydrogen) atoms. The van der Waals surface area contributed by atoms with Gasteiger partial charge in [-0.15, -0.1) is 0 Å². The van der Waals surface area contributed by atoms with E-state index in [0.717, 1.165) is 43.4 Å². The van der Waals surface area contributed by atoms with Gasteiger partial charge in [-0.25, -0.2) is 8.42 Å². The van der Waals surface area contributed by atoms with Crippen LogP contribution in [0.15, 0.2) is 24.3 Å². The lowest BCUT2D eigenvalue weighted by Gasteiger charge is -2.21. The maximum absolute atomic E-state index is 12.5. The molecule has 118 valence electrons. The van der Waals surface area contributed by atoms with E-state index in [0.29, 0.717) is 13.0 Å². The van der Waals surface area contributed by atoms with Crippen LogP contribution in [-0.4, -0.2) is 31.9 Å². The molecule has 2 rings (SSSR count). The molecule has 0 amide bonds. The van der Waals surface area contributed by atoms with Crippen LogP contribution in [0.4, 0.5) is 5.69 Å². The Bertz CT molecular complexity index is 536. The minimum Gasteiger partial charge on any atom is -0.396 e. The molecule has 0 atom stereocenters. The van der Waals surface area contributed by atoms with E-state index in [-0.39, 0.29) is 17.6 Å². The van der Waals surface area contributed by atoms with Gasteiger partial charge < -0.3 is 10.4 Å². The van der Waals surface area contributed by atoms with Gasteiger partial charge >= 0.3 is 0 Å². The highest BCUT2D eigenvalue weighted by atomic mass is 32.2. The Balaban J connectivity index is 1.99. The SMILES string of the molecule is O=S(=O)(Cc1cccc(NCCCO)c1)C1CCCCC1. The largest absolute Gasteiger partial charge is 0.396 e. The number of benzene rings is 1. The van der Waals surface area contributed by atoms with Crippen molar-refractivity contribution in [3.63, 3.8) is 0 Å². The van der Waals surface area contributed by atoms with Crippen LogP contribution in [0.3, 0.4) is 0 Å². The van der Waals surface area contributed by atoms with E-state index < -0.39 is 9.84 Å². The molecule has 0 heterocycles. The summed E-state index contributed by atoms with van der Waals surface area (Å²) >= 11 is 0. The Labute approximate surface area is 127 Å². The highest BCUT2D eigenvalue weighted by molar-refractivity contribution is 7.91. The number of aliphatic hydroxyl groups is 1. The first-order valence-corrected chi connectivity index (χ1v) is 9.48. The fraction of sp³-hybridized carbons (Fsp3) is 0.625. The van der Waals surface area contributed by atoms with E-state index in [4.69, 9.17) is 5.11 Å². The Morgan fingerprint density at radius 3 is 2.67 bits per heavy atom. The van der Waals surface area contributed by atoms with Crippen LogP contribution in [0, 0.1) is 0 Å². The van der Waals surface area contributed by atoms with Crippen LogP contribution >= 0.6 is 0 Å². The summed E-state index contributed by atoms with van der Waals surface area (Å²) in [5.41, 5.74) is 1.76. The Hall–Kier alpha value is -1.07. The van der Waals surface area contributed by atoms with E-state index in [1.54, 1.807) is 0 Å². The molecule has 0 radical (unpaired) electrons. The lowest BCUT2D eigenvalue weighted by Crippen LogP contribution is -2.25. The monoisotopic (exact) mass is 311 g/mol. The van der Waals surface area contributed by atoms with Gasteiger partial charge in [0.15, 0.2) is 9.84 Å². The van der Waals surface area contributed by atoms with Crippen molar-refractivity contribution in [2.75, 3.05) is 18.5 Å². The predicted octanol–water partition coefficient (Wildman–Crippen LogP) is 2.73. The van der Waals surface area contributed by atoms with E-state index in [2.05, 4.69) is 5.32 Å². The van der Waals surface area contributed by atoms with Crippen molar-refractivity contribution in [1.82, 2.24) is 0 Å². The van der Waals surface area contributed by atoms with Crippen molar-refractivity contribution in [2.24, 2.45) is 0 Å². The van der Waals surface area contributed by atoms with Gasteiger partial charge in [0.1, 0.15) is 0 Å². The fourth-order valence-corrected chi connectivity index (χ4v) is 4.79. The molecule has 2 N–H and O–H groups in total. The van der Waals surface area contributed by atoms with Crippen molar-refractivity contribution in [2.45, 2.75) is 49.5 Å². The fourth-order valence-electron chi connectivity index (χ4n) is 2.86. The van der Waals surface area contributed by atoms with Crippen LogP contribution in [0.5, 0.6) is 0 Å². The Kier molecular flexibility index (Phi) is 6.06. The molecule has 0 unspecified atom stereocenters. The van der Waals surface area contributed by atoms with Crippen LogP contribution < -0.4 is 5.32 Å². The van der Waals surface area contributed by atoms with Gasteiger partial charge in [-0.3, -0.25) is 0 Å².